The van der Waals surface area contributed by atoms with Gasteiger partial charge in [-0.1, -0.05) is 0 Å². The Balaban J connectivity index is 3.22. The fraction of sp³-hybridized carbons (Fsp3) is 0.167. The summed E-state index contributed by atoms with van der Waals surface area (Å²) in [6, 6.07) is 4.06. The number of aromatic nitrogens is 1. The molecule has 2 heteroatoms. The minimum absolute atomic E-state index is 1.18. The van der Waals surface area contributed by atoms with Crippen LogP contribution in [0.3, 0.4) is 0 Å². The predicted octanol–water partition coefficient (Wildman–Crippen LogP) is 0.726. The molecule has 1 aromatic rings. The van der Waals surface area contributed by atoms with Gasteiger partial charge in [0.05, 0.1) is 0 Å². The zero-order valence-corrected chi connectivity index (χ0v) is 6.38. The summed E-state index contributed by atoms with van der Waals surface area (Å²) >= 11 is 2.92. The van der Waals surface area contributed by atoms with Crippen LogP contribution in [0.2, 0.25) is 0 Å². The third kappa shape index (κ3) is 1.32. The molecule has 0 aliphatic carbocycles. The van der Waals surface area contributed by atoms with Crippen molar-refractivity contribution >= 4 is 15.6 Å². The molecule has 0 radical (unpaired) electrons. The Morgan fingerprint density at radius 3 is 2.25 bits per heavy atom. The molecular formula is C6H7NSe. The second-order valence-electron chi connectivity index (χ2n) is 1.70. The molecule has 0 saturated heterocycles. The summed E-state index contributed by atoms with van der Waals surface area (Å²) in [5.41, 5.74) is 0. The molecule has 0 bridgehead atoms. The van der Waals surface area contributed by atoms with Gasteiger partial charge in [0.2, 0.25) is 0 Å². The molecule has 1 rings (SSSR count). The first-order valence-electron chi connectivity index (χ1n) is 2.41. The normalized spacial score (nSPS) is 9.12. The van der Waals surface area contributed by atoms with Crippen LogP contribution >= 0.6 is 0 Å². The van der Waals surface area contributed by atoms with Crippen molar-refractivity contribution in [3.63, 3.8) is 0 Å². The number of hydrogen-bond donors (Lipinski definition) is 0. The van der Waals surface area contributed by atoms with E-state index < -0.39 is 0 Å². The van der Waals surface area contributed by atoms with Crippen LogP contribution in [0.4, 0.5) is 0 Å². The zero-order valence-electron chi connectivity index (χ0n) is 4.66. The van der Waals surface area contributed by atoms with Crippen molar-refractivity contribution in [1.29, 1.82) is 0 Å². The zero-order chi connectivity index (χ0) is 5.98. The van der Waals surface area contributed by atoms with Crippen LogP contribution in [0.25, 0.3) is 0 Å². The number of aryl methyl sites for hydroxylation is 1. The van der Waals surface area contributed by atoms with Crippen LogP contribution in [0.1, 0.15) is 0 Å². The summed E-state index contributed by atoms with van der Waals surface area (Å²) in [5.74, 6) is 0. The summed E-state index contributed by atoms with van der Waals surface area (Å²) in [5, 5.41) is 0. The van der Waals surface area contributed by atoms with Gasteiger partial charge in [0.1, 0.15) is 0 Å². The molecule has 1 heterocycles. The monoisotopic (exact) mass is 173 g/mol. The Morgan fingerprint density at radius 1 is 1.38 bits per heavy atom. The summed E-state index contributed by atoms with van der Waals surface area (Å²) in [6.07, 6.45) is 4.01. The predicted molar refractivity (Wildman–Crippen MR) is 34.4 cm³/mol. The van der Waals surface area contributed by atoms with Gasteiger partial charge in [-0.2, -0.15) is 0 Å². The van der Waals surface area contributed by atoms with Crippen molar-refractivity contribution in [2.75, 3.05) is 0 Å². The molecule has 0 atom stereocenters. The maximum atomic E-state index is 2.92. The van der Waals surface area contributed by atoms with Gasteiger partial charge >= 0.3 is 55.8 Å². The average molecular weight is 172 g/mol. The molecule has 8 heavy (non-hydrogen) atoms. The van der Waals surface area contributed by atoms with Gasteiger partial charge in [0, 0.05) is 0 Å². The Bertz CT molecular complexity index is 206. The Morgan fingerprint density at radius 2 is 1.88 bits per heavy atom. The molecule has 0 N–H and O–H groups in total. The van der Waals surface area contributed by atoms with Crippen LogP contribution < -0.4 is 0 Å². The second kappa shape index (κ2) is 2.29. The van der Waals surface area contributed by atoms with E-state index in [0.717, 1.165) is 0 Å². The molecule has 0 fully saturated rings. The number of hydrogen-bond acceptors (Lipinski definition) is 0. The van der Waals surface area contributed by atoms with E-state index in [1.165, 1.54) is 4.06 Å². The third-order valence-corrected chi connectivity index (χ3v) is 1.52. The average Bonchev–Trinajstić information content (AvgIpc) is 1.77. The van der Waals surface area contributed by atoms with Crippen LogP contribution in [0.15, 0.2) is 24.5 Å². The molecular weight excluding hydrogens is 165 g/mol. The van der Waals surface area contributed by atoms with Crippen LogP contribution in [-0.2, 0) is 7.05 Å². The summed E-state index contributed by atoms with van der Waals surface area (Å²) < 4.78 is 3.18. The van der Waals surface area contributed by atoms with E-state index in [0.29, 0.717) is 0 Å². The molecule has 0 spiro atoms. The van der Waals surface area contributed by atoms with Crippen molar-refractivity contribution in [1.82, 2.24) is 4.57 Å². The van der Waals surface area contributed by atoms with E-state index in [1.807, 2.05) is 36.1 Å². The molecule has 0 amide bonds. The molecule has 42 valence electrons. The van der Waals surface area contributed by atoms with Gasteiger partial charge in [-0.3, -0.25) is 0 Å². The molecule has 1 aromatic heterocycles. The topological polar surface area (TPSA) is 4.93 Å². The van der Waals surface area contributed by atoms with E-state index in [1.54, 1.807) is 0 Å². The molecule has 0 unspecified atom stereocenters. The molecule has 1 nitrogen and oxygen atoms in total. The van der Waals surface area contributed by atoms with E-state index in [9.17, 15) is 0 Å². The first-order valence-corrected chi connectivity index (χ1v) is 3.27. The van der Waals surface area contributed by atoms with E-state index >= 15 is 0 Å². The second-order valence-corrected chi connectivity index (χ2v) is 2.69. The summed E-state index contributed by atoms with van der Waals surface area (Å²) in [7, 11) is 2.00. The summed E-state index contributed by atoms with van der Waals surface area (Å²) in [4.78, 5) is 0. The van der Waals surface area contributed by atoms with Gasteiger partial charge in [-0.05, 0) is 0 Å². The van der Waals surface area contributed by atoms with Gasteiger partial charge in [0.25, 0.3) is 0 Å². The first kappa shape index (κ1) is 5.80. The van der Waals surface area contributed by atoms with E-state index in [2.05, 4.69) is 15.6 Å². The molecule has 0 saturated carbocycles. The number of rotatable bonds is 0. The molecule has 0 aliphatic heterocycles. The minimum atomic E-state index is 1.18. The quantitative estimate of drug-likeness (QED) is 0.508. The Labute approximate surface area is 56.3 Å². The standard InChI is InChI=1S/C6H7NSe/c1-7-4-2-6(8)3-5-7/h2-5H,1H3. The maximum absolute atomic E-state index is 2.92. The number of pyridine rings is 1. The van der Waals surface area contributed by atoms with Crippen molar-refractivity contribution in [2.24, 2.45) is 7.05 Å². The number of nitrogens with zero attached hydrogens (tertiary/aromatic N) is 1. The van der Waals surface area contributed by atoms with Gasteiger partial charge in [-0.15, -0.1) is 0 Å². The van der Waals surface area contributed by atoms with Crippen molar-refractivity contribution < 1.29 is 0 Å². The van der Waals surface area contributed by atoms with Gasteiger partial charge in [-0.25, -0.2) is 0 Å². The first-order chi connectivity index (χ1) is 3.79. The Kier molecular flexibility index (Phi) is 1.66. The van der Waals surface area contributed by atoms with Crippen LogP contribution in [-0.4, -0.2) is 20.1 Å². The fourth-order valence-electron chi connectivity index (χ4n) is 0.487. The Hall–Kier alpha value is -0.331. The van der Waals surface area contributed by atoms with Gasteiger partial charge < -0.3 is 0 Å². The van der Waals surface area contributed by atoms with Crippen LogP contribution in [0, 0.1) is 4.06 Å². The molecule has 0 aliphatic rings. The van der Waals surface area contributed by atoms with Gasteiger partial charge in [0.15, 0.2) is 0 Å². The van der Waals surface area contributed by atoms with Crippen molar-refractivity contribution in [3.05, 3.63) is 28.6 Å². The van der Waals surface area contributed by atoms with Crippen LogP contribution in [0.5, 0.6) is 0 Å². The SMILES string of the molecule is Cn1ccc(=[Se])cc1. The van der Waals surface area contributed by atoms with Crippen molar-refractivity contribution in [3.8, 4) is 0 Å². The third-order valence-electron chi connectivity index (χ3n) is 0.948. The van der Waals surface area contributed by atoms with Crippen molar-refractivity contribution in [2.45, 2.75) is 0 Å². The summed E-state index contributed by atoms with van der Waals surface area (Å²) in [6.45, 7) is 0. The molecule has 0 aromatic carbocycles. The fourth-order valence-corrected chi connectivity index (χ4v) is 0.743. The van der Waals surface area contributed by atoms with E-state index in [4.69, 9.17) is 0 Å². The van der Waals surface area contributed by atoms with E-state index in [-0.39, 0.29) is 0 Å².